The molecule has 0 radical (unpaired) electrons. The highest BCUT2D eigenvalue weighted by atomic mass is 19.4. The summed E-state index contributed by atoms with van der Waals surface area (Å²) in [6.07, 6.45) is -4.22. The van der Waals surface area contributed by atoms with Gasteiger partial charge in [-0.15, -0.1) is 0 Å². The van der Waals surface area contributed by atoms with Crippen molar-refractivity contribution in [3.63, 3.8) is 0 Å². The van der Waals surface area contributed by atoms with Gasteiger partial charge in [0.15, 0.2) is 0 Å². The fourth-order valence-corrected chi connectivity index (χ4v) is 5.14. The summed E-state index contributed by atoms with van der Waals surface area (Å²) < 4.78 is 62.1. The predicted octanol–water partition coefficient (Wildman–Crippen LogP) is 4.22. The second-order valence-electron chi connectivity index (χ2n) is 9.09. The van der Waals surface area contributed by atoms with Crippen LogP contribution in [-0.2, 0) is 18.3 Å². The van der Waals surface area contributed by atoms with E-state index in [2.05, 4.69) is 5.32 Å². The van der Waals surface area contributed by atoms with Crippen LogP contribution in [-0.4, -0.2) is 59.1 Å². The number of ether oxygens (including phenoxy) is 1. The first-order chi connectivity index (χ1) is 16.5. The van der Waals surface area contributed by atoms with Gasteiger partial charge < -0.3 is 24.4 Å². The number of nitrogens with zero attached hydrogens (tertiary/aromatic N) is 3. The van der Waals surface area contributed by atoms with Gasteiger partial charge >= 0.3 is 12.2 Å². The molecule has 35 heavy (non-hydrogen) atoms. The van der Waals surface area contributed by atoms with Crippen molar-refractivity contribution in [2.45, 2.75) is 51.1 Å². The zero-order valence-electron chi connectivity index (χ0n) is 19.8. The molecule has 1 aromatic heterocycles. The second kappa shape index (κ2) is 9.09. The molecule has 2 aliphatic rings. The molecule has 3 heterocycles. The van der Waals surface area contributed by atoms with Gasteiger partial charge in [0.1, 0.15) is 17.3 Å². The Kier molecular flexibility index (Phi) is 6.46. The molecule has 0 bridgehead atoms. The molecule has 3 amide bonds. The molecule has 0 unspecified atom stereocenters. The average Bonchev–Trinajstić information content (AvgIpc) is 3.25. The number of likely N-dealkylation sites (tertiary alicyclic amines) is 1. The van der Waals surface area contributed by atoms with Crippen LogP contribution in [0.25, 0.3) is 0 Å². The quantitative estimate of drug-likeness (QED) is 0.648. The van der Waals surface area contributed by atoms with E-state index in [1.165, 1.54) is 40.8 Å². The molecule has 2 aliphatic heterocycles. The number of carbonyl (C=O) groups excluding carboxylic acids is 2. The third-order valence-corrected chi connectivity index (χ3v) is 6.69. The van der Waals surface area contributed by atoms with Gasteiger partial charge in [-0.3, -0.25) is 4.79 Å². The van der Waals surface area contributed by atoms with Crippen molar-refractivity contribution in [3.05, 3.63) is 53.1 Å². The van der Waals surface area contributed by atoms with Gasteiger partial charge in [0.25, 0.3) is 5.91 Å². The first-order valence-electron chi connectivity index (χ1n) is 11.5. The fraction of sp³-hybridized carbons (Fsp3) is 0.500. The van der Waals surface area contributed by atoms with Crippen molar-refractivity contribution in [2.75, 3.05) is 26.7 Å². The summed E-state index contributed by atoms with van der Waals surface area (Å²) in [5.41, 5.74) is -1.47. The number of aromatic nitrogens is 1. The summed E-state index contributed by atoms with van der Waals surface area (Å²) in [4.78, 5) is 28.8. The van der Waals surface area contributed by atoms with E-state index in [1.807, 2.05) is 13.8 Å². The van der Waals surface area contributed by atoms with Crippen LogP contribution in [0.1, 0.15) is 48.4 Å². The molecule has 0 saturated carbocycles. The molecule has 0 atom stereocenters. The van der Waals surface area contributed by atoms with Crippen LogP contribution in [0, 0.1) is 5.82 Å². The molecule has 1 saturated heterocycles. The van der Waals surface area contributed by atoms with Gasteiger partial charge in [-0.1, -0.05) is 0 Å². The van der Waals surface area contributed by atoms with Crippen molar-refractivity contribution in [1.29, 1.82) is 0 Å². The van der Waals surface area contributed by atoms with E-state index in [1.54, 1.807) is 4.90 Å². The number of urea groups is 1. The summed E-state index contributed by atoms with van der Waals surface area (Å²) >= 11 is 0. The van der Waals surface area contributed by atoms with Crippen molar-refractivity contribution in [1.82, 2.24) is 19.7 Å². The SMILES string of the molecule is CNC(=O)N1CCn2c(C(F)(F)F)ccc2C12CCN(C(=O)c1ccc(OC(C)C)cc1F)CC2. The number of halogens is 4. The lowest BCUT2D eigenvalue weighted by molar-refractivity contribution is -0.144. The second-order valence-corrected chi connectivity index (χ2v) is 9.09. The van der Waals surface area contributed by atoms with Crippen LogP contribution in [0.4, 0.5) is 22.4 Å². The molecule has 1 N–H and O–H groups in total. The van der Waals surface area contributed by atoms with Crippen LogP contribution in [0.15, 0.2) is 30.3 Å². The topological polar surface area (TPSA) is 66.8 Å². The Balaban J connectivity index is 1.60. The van der Waals surface area contributed by atoms with Gasteiger partial charge in [-0.2, -0.15) is 13.2 Å². The monoisotopic (exact) mass is 496 g/mol. The lowest BCUT2D eigenvalue weighted by Crippen LogP contribution is -2.61. The predicted molar refractivity (Wildman–Crippen MR) is 120 cm³/mol. The van der Waals surface area contributed by atoms with Crippen molar-refractivity contribution >= 4 is 11.9 Å². The summed E-state index contributed by atoms with van der Waals surface area (Å²) in [5.74, 6) is -0.903. The number of hydrogen-bond acceptors (Lipinski definition) is 3. The van der Waals surface area contributed by atoms with E-state index in [0.29, 0.717) is 11.4 Å². The Morgan fingerprint density at radius 2 is 1.74 bits per heavy atom. The van der Waals surface area contributed by atoms with Crippen LogP contribution in [0.5, 0.6) is 5.75 Å². The van der Waals surface area contributed by atoms with Crippen molar-refractivity contribution in [3.8, 4) is 5.75 Å². The summed E-state index contributed by atoms with van der Waals surface area (Å²) in [7, 11) is 1.47. The largest absolute Gasteiger partial charge is 0.491 e. The maximum absolute atomic E-state index is 14.7. The minimum Gasteiger partial charge on any atom is -0.491 e. The van der Waals surface area contributed by atoms with E-state index in [9.17, 15) is 27.2 Å². The first kappa shape index (κ1) is 24.9. The molecule has 0 aliphatic carbocycles. The number of carbonyl (C=O) groups is 2. The number of nitrogens with one attached hydrogen (secondary N) is 1. The Hall–Kier alpha value is -3.24. The summed E-state index contributed by atoms with van der Waals surface area (Å²) in [6, 6.07) is 6.14. The Bertz CT molecular complexity index is 1120. The minimum absolute atomic E-state index is 0.0188. The highest BCUT2D eigenvalue weighted by Crippen LogP contribution is 2.44. The number of rotatable bonds is 3. The molecule has 2 aromatic rings. The van der Waals surface area contributed by atoms with Gasteiger partial charge in [-0.05, 0) is 51.0 Å². The molecule has 1 aromatic carbocycles. The van der Waals surface area contributed by atoms with E-state index in [0.717, 1.165) is 6.07 Å². The summed E-state index contributed by atoms with van der Waals surface area (Å²) in [6.45, 7) is 4.05. The molecule has 7 nitrogen and oxygen atoms in total. The number of alkyl halides is 3. The fourth-order valence-electron chi connectivity index (χ4n) is 5.14. The zero-order valence-corrected chi connectivity index (χ0v) is 19.8. The number of piperidine rings is 1. The van der Waals surface area contributed by atoms with Crippen LogP contribution < -0.4 is 10.1 Å². The maximum atomic E-state index is 14.7. The zero-order chi connectivity index (χ0) is 25.5. The summed E-state index contributed by atoms with van der Waals surface area (Å²) in [5, 5.41) is 2.57. The van der Waals surface area contributed by atoms with Crippen LogP contribution >= 0.6 is 0 Å². The van der Waals surface area contributed by atoms with Crippen molar-refractivity contribution < 1.29 is 31.9 Å². The molecule has 4 rings (SSSR count). The number of amides is 3. The normalized spacial score (nSPS) is 17.5. The van der Waals surface area contributed by atoms with Gasteiger partial charge in [0, 0.05) is 45.0 Å². The lowest BCUT2D eigenvalue weighted by atomic mass is 9.81. The third kappa shape index (κ3) is 4.43. The molecule has 11 heteroatoms. The minimum atomic E-state index is -4.52. The molecular weight excluding hydrogens is 468 g/mol. The van der Waals surface area contributed by atoms with E-state index in [4.69, 9.17) is 4.74 Å². The molecule has 1 spiro atoms. The van der Waals surface area contributed by atoms with Gasteiger partial charge in [0.2, 0.25) is 0 Å². The van der Waals surface area contributed by atoms with E-state index in [-0.39, 0.29) is 50.7 Å². The smallest absolute Gasteiger partial charge is 0.431 e. The standard InChI is InChI=1S/C24H28F4N4O3/c1-15(2)35-16-4-5-17(18(25)14-16)21(33)30-10-8-23(9-11-30)19-6-7-20(24(26,27)28)31(19)12-13-32(23)22(34)29-3/h4-7,14-15H,8-13H2,1-3H3,(H,29,34). The highest BCUT2D eigenvalue weighted by molar-refractivity contribution is 5.94. The molecular formula is C24H28F4N4O3. The number of benzene rings is 1. The Labute approximate surface area is 200 Å². The van der Waals surface area contributed by atoms with Crippen LogP contribution in [0.3, 0.4) is 0 Å². The Morgan fingerprint density at radius 1 is 1.06 bits per heavy atom. The third-order valence-electron chi connectivity index (χ3n) is 6.69. The van der Waals surface area contributed by atoms with Gasteiger partial charge in [0.05, 0.1) is 17.2 Å². The first-order valence-corrected chi connectivity index (χ1v) is 11.5. The maximum Gasteiger partial charge on any atom is 0.431 e. The molecule has 190 valence electrons. The van der Waals surface area contributed by atoms with Gasteiger partial charge in [-0.25, -0.2) is 9.18 Å². The number of hydrogen-bond donors (Lipinski definition) is 1. The van der Waals surface area contributed by atoms with Crippen molar-refractivity contribution in [2.24, 2.45) is 0 Å². The lowest BCUT2D eigenvalue weighted by Gasteiger charge is -2.51. The molecule has 1 fully saturated rings. The number of fused-ring (bicyclic) bond motifs is 2. The van der Waals surface area contributed by atoms with E-state index >= 15 is 0 Å². The van der Waals surface area contributed by atoms with E-state index < -0.39 is 35.2 Å². The van der Waals surface area contributed by atoms with Crippen LogP contribution in [0.2, 0.25) is 0 Å². The Morgan fingerprint density at radius 3 is 2.31 bits per heavy atom. The average molecular weight is 497 g/mol. The highest BCUT2D eigenvalue weighted by Gasteiger charge is 2.50.